The van der Waals surface area contributed by atoms with Crippen LogP contribution in [-0.2, 0) is 11.3 Å². The monoisotopic (exact) mass is 360 g/mol. The van der Waals surface area contributed by atoms with E-state index in [0.717, 1.165) is 57.2 Å². The van der Waals surface area contributed by atoms with Gasteiger partial charge in [0.05, 0.1) is 23.4 Å². The van der Waals surface area contributed by atoms with Crippen molar-refractivity contribution in [2.75, 3.05) is 5.32 Å². The fourth-order valence-corrected chi connectivity index (χ4v) is 6.40. The van der Waals surface area contributed by atoms with Crippen molar-refractivity contribution in [1.82, 2.24) is 9.78 Å². The molecule has 5 nitrogen and oxygen atoms in total. The lowest BCUT2D eigenvalue weighted by atomic mass is 9.49. The average Bonchev–Trinajstić information content (AvgIpc) is 2.96. The van der Waals surface area contributed by atoms with Crippen LogP contribution in [0.3, 0.4) is 0 Å². The molecule has 134 valence electrons. The van der Waals surface area contributed by atoms with Crippen molar-refractivity contribution in [3.63, 3.8) is 0 Å². The number of aromatic nitrogens is 2. The zero-order chi connectivity index (χ0) is 17.5. The van der Waals surface area contributed by atoms with E-state index in [1.165, 1.54) is 6.42 Å². The van der Waals surface area contributed by atoms with Crippen LogP contribution >= 0.6 is 11.6 Å². The van der Waals surface area contributed by atoms with E-state index in [-0.39, 0.29) is 16.2 Å². The summed E-state index contributed by atoms with van der Waals surface area (Å²) in [6.07, 6.45) is 12.2. The number of carbonyl (C=O) groups excluding carboxylic acids is 1. The summed E-state index contributed by atoms with van der Waals surface area (Å²) < 4.78 is 1.84. The first-order valence-electron chi connectivity index (χ1n) is 9.40. The minimum atomic E-state index is -0.277. The van der Waals surface area contributed by atoms with Gasteiger partial charge in [0.2, 0.25) is 5.91 Å². The molecule has 4 aliphatic rings. The number of nitriles is 1. The highest BCUT2D eigenvalue weighted by atomic mass is 35.5. The molecule has 0 aromatic carbocycles. The maximum Gasteiger partial charge on any atom is 0.230 e. The van der Waals surface area contributed by atoms with Crippen LogP contribution in [0.5, 0.6) is 0 Å². The summed E-state index contributed by atoms with van der Waals surface area (Å²) in [5.41, 5.74) is 0.491. The second-order valence-corrected chi connectivity index (χ2v) is 9.26. The number of aryl methyl sites for hydroxylation is 1. The molecule has 0 radical (unpaired) electrons. The van der Waals surface area contributed by atoms with Gasteiger partial charge in [0.1, 0.15) is 0 Å². The number of nitrogens with one attached hydrogen (secondary N) is 1. The van der Waals surface area contributed by atoms with Crippen molar-refractivity contribution < 1.29 is 4.79 Å². The van der Waals surface area contributed by atoms with Crippen LogP contribution in [0.2, 0.25) is 0 Å². The van der Waals surface area contributed by atoms with E-state index in [1.807, 2.05) is 10.9 Å². The third kappa shape index (κ3) is 3.29. The largest absolute Gasteiger partial charge is 0.323 e. The van der Waals surface area contributed by atoms with Crippen molar-refractivity contribution in [1.29, 1.82) is 5.26 Å². The van der Waals surface area contributed by atoms with Gasteiger partial charge in [-0.05, 0) is 63.2 Å². The lowest BCUT2D eigenvalue weighted by Crippen LogP contribution is -2.57. The average molecular weight is 361 g/mol. The third-order valence-corrected chi connectivity index (χ3v) is 6.73. The Morgan fingerprint density at radius 2 is 2.12 bits per heavy atom. The highest BCUT2D eigenvalue weighted by molar-refractivity contribution is 6.24. The Morgan fingerprint density at radius 1 is 1.36 bits per heavy atom. The second-order valence-electron chi connectivity index (χ2n) is 8.45. The molecule has 4 fully saturated rings. The first kappa shape index (κ1) is 16.9. The van der Waals surface area contributed by atoms with Gasteiger partial charge in [0.25, 0.3) is 0 Å². The van der Waals surface area contributed by atoms with Crippen molar-refractivity contribution in [3.8, 4) is 6.07 Å². The van der Waals surface area contributed by atoms with E-state index in [0.29, 0.717) is 18.3 Å². The number of hydrogen-bond donors (Lipinski definition) is 1. The number of alkyl halides is 1. The van der Waals surface area contributed by atoms with Crippen molar-refractivity contribution in [2.24, 2.45) is 17.3 Å². The molecule has 2 unspecified atom stereocenters. The Bertz CT molecular complexity index is 693. The molecule has 4 saturated carbocycles. The van der Waals surface area contributed by atoms with Gasteiger partial charge < -0.3 is 5.32 Å². The quantitative estimate of drug-likeness (QED) is 0.613. The molecule has 4 aliphatic carbocycles. The molecule has 6 heteroatoms. The van der Waals surface area contributed by atoms with Crippen LogP contribution < -0.4 is 5.32 Å². The smallest absolute Gasteiger partial charge is 0.230 e. The number of hydrogen-bond acceptors (Lipinski definition) is 3. The van der Waals surface area contributed by atoms with Crippen LogP contribution in [-0.4, -0.2) is 20.6 Å². The Morgan fingerprint density at radius 3 is 2.80 bits per heavy atom. The van der Waals surface area contributed by atoms with Gasteiger partial charge in [-0.15, -0.1) is 11.6 Å². The van der Waals surface area contributed by atoms with E-state index in [1.54, 1.807) is 6.20 Å². The molecule has 1 amide bonds. The lowest BCUT2D eigenvalue weighted by Gasteiger charge is -2.59. The molecule has 25 heavy (non-hydrogen) atoms. The Labute approximate surface area is 153 Å². The molecule has 0 spiro atoms. The predicted molar refractivity (Wildman–Crippen MR) is 96.0 cm³/mol. The summed E-state index contributed by atoms with van der Waals surface area (Å²) in [6.45, 7) is 0.775. The molecule has 4 bridgehead atoms. The standard InChI is InChI=1S/C19H25ClN4O/c20-19-9-14-6-15(10-19)8-18(7-14,13-19)17(25)23-16-11-22-24(12-16)5-3-1-2-4-21/h11-12,14-15H,1-3,5-10,13H2,(H,23,25)/t14-,15+,18?,19?. The lowest BCUT2D eigenvalue weighted by molar-refractivity contribution is -0.138. The van der Waals surface area contributed by atoms with Gasteiger partial charge in [-0.1, -0.05) is 0 Å². The van der Waals surface area contributed by atoms with E-state index >= 15 is 0 Å². The maximum absolute atomic E-state index is 13.1. The van der Waals surface area contributed by atoms with Crippen LogP contribution in [0.1, 0.15) is 57.8 Å². The fourth-order valence-electron chi connectivity index (χ4n) is 5.71. The molecule has 1 heterocycles. The van der Waals surface area contributed by atoms with Crippen LogP contribution in [0.15, 0.2) is 12.4 Å². The predicted octanol–water partition coefficient (Wildman–Crippen LogP) is 4.09. The summed E-state index contributed by atoms with van der Waals surface area (Å²) >= 11 is 6.84. The first-order chi connectivity index (χ1) is 12.0. The Hall–Kier alpha value is -1.54. The molecule has 1 aromatic heterocycles. The van der Waals surface area contributed by atoms with Crippen LogP contribution in [0.25, 0.3) is 0 Å². The zero-order valence-corrected chi connectivity index (χ0v) is 15.3. The molecular weight excluding hydrogens is 336 g/mol. The molecule has 5 rings (SSSR count). The number of carbonyl (C=O) groups is 1. The summed E-state index contributed by atoms with van der Waals surface area (Å²) in [6, 6.07) is 2.15. The van der Waals surface area contributed by atoms with E-state index in [9.17, 15) is 4.79 Å². The number of nitrogens with zero attached hydrogens (tertiary/aromatic N) is 3. The minimum Gasteiger partial charge on any atom is -0.323 e. The van der Waals surface area contributed by atoms with Crippen molar-refractivity contribution >= 4 is 23.2 Å². The second kappa shape index (κ2) is 6.32. The molecule has 0 saturated heterocycles. The Balaban J connectivity index is 1.39. The number of rotatable bonds is 6. The van der Waals surface area contributed by atoms with E-state index in [2.05, 4.69) is 16.5 Å². The van der Waals surface area contributed by atoms with Gasteiger partial charge >= 0.3 is 0 Å². The van der Waals surface area contributed by atoms with Gasteiger partial charge in [-0.25, -0.2) is 0 Å². The highest BCUT2D eigenvalue weighted by Gasteiger charge is 2.60. The molecule has 1 aromatic rings. The number of halogens is 1. The van der Waals surface area contributed by atoms with Gasteiger partial charge in [0, 0.05) is 24.0 Å². The zero-order valence-electron chi connectivity index (χ0n) is 14.5. The van der Waals surface area contributed by atoms with E-state index in [4.69, 9.17) is 16.9 Å². The normalized spacial score (nSPS) is 35.5. The number of anilines is 1. The van der Waals surface area contributed by atoms with Crippen molar-refractivity contribution in [3.05, 3.63) is 12.4 Å². The van der Waals surface area contributed by atoms with Crippen molar-refractivity contribution in [2.45, 2.75) is 69.2 Å². The van der Waals surface area contributed by atoms with Crippen LogP contribution in [0, 0.1) is 28.6 Å². The van der Waals surface area contributed by atoms with Gasteiger partial charge in [-0.3, -0.25) is 9.48 Å². The van der Waals surface area contributed by atoms with Gasteiger partial charge in [0.15, 0.2) is 0 Å². The summed E-state index contributed by atoms with van der Waals surface area (Å²) in [5, 5.41) is 16.0. The van der Waals surface area contributed by atoms with E-state index < -0.39 is 0 Å². The Kier molecular flexibility index (Phi) is 4.27. The molecule has 0 aliphatic heterocycles. The third-order valence-electron chi connectivity index (χ3n) is 6.29. The highest BCUT2D eigenvalue weighted by Crippen LogP contribution is 2.64. The summed E-state index contributed by atoms with van der Waals surface area (Å²) in [7, 11) is 0. The summed E-state index contributed by atoms with van der Waals surface area (Å²) in [4.78, 5) is 12.9. The first-order valence-corrected chi connectivity index (χ1v) is 9.78. The minimum absolute atomic E-state index is 0.135. The summed E-state index contributed by atoms with van der Waals surface area (Å²) in [5.74, 6) is 1.37. The topological polar surface area (TPSA) is 70.7 Å². The van der Waals surface area contributed by atoms with Crippen LogP contribution in [0.4, 0.5) is 5.69 Å². The molecular formula is C19H25ClN4O. The van der Waals surface area contributed by atoms with Gasteiger partial charge in [-0.2, -0.15) is 10.4 Å². The SMILES string of the molecule is N#CCCCCn1cc(NC(=O)C23C[C@@H]4C[C@@H](CC(Cl)(C4)C2)C3)cn1. The molecule has 4 atom stereocenters. The molecule has 1 N–H and O–H groups in total. The number of amides is 1. The number of unbranched alkanes of at least 4 members (excludes halogenated alkanes) is 2. The maximum atomic E-state index is 13.1. The fraction of sp³-hybridized carbons (Fsp3) is 0.737.